The maximum atomic E-state index is 13.9. The first kappa shape index (κ1) is 14.9. The number of aromatic nitrogens is 4. The third kappa shape index (κ3) is 2.38. The number of benzene rings is 2. The van der Waals surface area contributed by atoms with Crippen molar-refractivity contribution in [3.63, 3.8) is 0 Å². The van der Waals surface area contributed by atoms with E-state index < -0.39 is 0 Å². The molecule has 2 aromatic heterocycles. The zero-order valence-corrected chi connectivity index (χ0v) is 13.5. The highest BCUT2D eigenvalue weighted by atomic mass is 19.1. The van der Waals surface area contributed by atoms with Gasteiger partial charge in [0, 0.05) is 29.9 Å². The minimum Gasteiger partial charge on any atom is -0.326 e. The van der Waals surface area contributed by atoms with Crippen LogP contribution in [0.15, 0.2) is 48.8 Å². The lowest BCUT2D eigenvalue weighted by Crippen LogP contribution is -1.91. The van der Waals surface area contributed by atoms with E-state index in [2.05, 4.69) is 15.0 Å². The highest BCUT2D eigenvalue weighted by Gasteiger charge is 2.20. The van der Waals surface area contributed by atoms with Crippen molar-refractivity contribution < 1.29 is 8.78 Å². The van der Waals surface area contributed by atoms with Gasteiger partial charge in [-0.05, 0) is 42.0 Å². The molecule has 0 aliphatic carbocycles. The van der Waals surface area contributed by atoms with Crippen LogP contribution in [-0.4, -0.2) is 19.5 Å². The second-order valence-electron chi connectivity index (χ2n) is 6.16. The summed E-state index contributed by atoms with van der Waals surface area (Å²) in [6.07, 6.45) is 6.99. The molecule has 0 bridgehead atoms. The maximum absolute atomic E-state index is 13.9. The molecule has 1 aliphatic rings. The lowest BCUT2D eigenvalue weighted by Gasteiger charge is -1.99. The number of fused-ring (bicyclic) bond motifs is 4. The van der Waals surface area contributed by atoms with Crippen LogP contribution < -0.4 is 0 Å². The van der Waals surface area contributed by atoms with Gasteiger partial charge < -0.3 is 4.57 Å². The Bertz CT molecular complexity index is 1190. The molecule has 4 aromatic rings. The van der Waals surface area contributed by atoms with Crippen molar-refractivity contribution in [2.45, 2.75) is 6.54 Å². The van der Waals surface area contributed by atoms with E-state index in [1.807, 2.05) is 10.8 Å². The topological polar surface area (TPSA) is 43.6 Å². The number of para-hydroxylation sites is 1. The van der Waals surface area contributed by atoms with Crippen molar-refractivity contribution in [2.75, 3.05) is 0 Å². The van der Waals surface area contributed by atoms with Gasteiger partial charge in [-0.25, -0.2) is 23.7 Å². The maximum Gasteiger partial charge on any atom is 0.152 e. The highest BCUT2D eigenvalue weighted by Crippen LogP contribution is 2.31. The van der Waals surface area contributed by atoms with E-state index in [0.29, 0.717) is 23.3 Å². The predicted octanol–water partition coefficient (Wildman–Crippen LogP) is 4.30. The van der Waals surface area contributed by atoms with Crippen LogP contribution in [0.1, 0.15) is 17.1 Å². The minimum absolute atomic E-state index is 0.240. The van der Waals surface area contributed by atoms with Crippen LogP contribution in [0.2, 0.25) is 0 Å². The molecule has 0 atom stereocenters. The molecule has 1 aliphatic heterocycles. The number of hydrogen-bond donors (Lipinski definition) is 0. The van der Waals surface area contributed by atoms with E-state index in [1.165, 1.54) is 18.2 Å². The molecule has 2 aromatic carbocycles. The molecule has 0 spiro atoms. The van der Waals surface area contributed by atoms with E-state index in [1.54, 1.807) is 36.5 Å². The van der Waals surface area contributed by atoms with Gasteiger partial charge >= 0.3 is 0 Å². The summed E-state index contributed by atoms with van der Waals surface area (Å²) in [5.41, 5.74) is 2.91. The fraction of sp³-hybridized carbons (Fsp3) is 0.0500. The largest absolute Gasteiger partial charge is 0.326 e. The Balaban J connectivity index is 1.47. The number of nitrogens with zero attached hydrogens (tertiary/aromatic N) is 4. The summed E-state index contributed by atoms with van der Waals surface area (Å²) in [6, 6.07) is 9.51. The number of rotatable bonds is 2. The van der Waals surface area contributed by atoms with Crippen LogP contribution in [0.25, 0.3) is 34.4 Å². The molecule has 0 unspecified atom stereocenters. The SMILES string of the molecule is Fc1ccc2c(c1)Cn1cc(/C=C/c3ncc4cccc(F)c4n3)nc1-2. The molecular weight excluding hydrogens is 334 g/mol. The minimum atomic E-state index is -0.371. The average molecular weight is 346 g/mol. The predicted molar refractivity (Wildman–Crippen MR) is 95.1 cm³/mol. The number of hydrogen-bond acceptors (Lipinski definition) is 3. The van der Waals surface area contributed by atoms with Gasteiger partial charge in [-0.3, -0.25) is 0 Å². The van der Waals surface area contributed by atoms with Crippen LogP contribution in [0.4, 0.5) is 8.78 Å². The highest BCUT2D eigenvalue weighted by molar-refractivity contribution is 5.79. The van der Waals surface area contributed by atoms with Crippen molar-refractivity contribution in [3.05, 3.63) is 77.5 Å². The second kappa shape index (κ2) is 5.56. The molecule has 0 N–H and O–H groups in total. The quantitative estimate of drug-likeness (QED) is 0.479. The third-order valence-electron chi connectivity index (χ3n) is 4.43. The van der Waals surface area contributed by atoms with Gasteiger partial charge in [0.1, 0.15) is 23.0 Å². The smallest absolute Gasteiger partial charge is 0.152 e. The summed E-state index contributed by atoms with van der Waals surface area (Å²) in [4.78, 5) is 13.1. The first-order valence-electron chi connectivity index (χ1n) is 8.13. The summed E-state index contributed by atoms with van der Waals surface area (Å²) in [5.74, 6) is 0.614. The first-order valence-corrected chi connectivity index (χ1v) is 8.13. The molecule has 0 saturated carbocycles. The van der Waals surface area contributed by atoms with Crippen molar-refractivity contribution in [3.8, 4) is 11.4 Å². The molecule has 6 heteroatoms. The Hall–Kier alpha value is -3.41. The lowest BCUT2D eigenvalue weighted by molar-refractivity contribution is 0.625. The van der Waals surface area contributed by atoms with Crippen molar-refractivity contribution >= 4 is 23.1 Å². The fourth-order valence-electron chi connectivity index (χ4n) is 3.22. The number of imidazole rings is 1. The van der Waals surface area contributed by atoms with E-state index in [0.717, 1.165) is 22.6 Å². The van der Waals surface area contributed by atoms with E-state index in [9.17, 15) is 8.78 Å². The molecule has 5 rings (SSSR count). The molecule has 0 saturated heterocycles. The Morgan fingerprint density at radius 3 is 2.88 bits per heavy atom. The molecule has 0 radical (unpaired) electrons. The third-order valence-corrected chi connectivity index (χ3v) is 4.43. The standard InChI is InChI=1S/C20H12F2N4/c21-14-4-6-16-13(8-14)10-26-11-15(24-20(16)26)5-7-18-23-9-12-2-1-3-17(22)19(12)25-18/h1-9,11H,10H2/b7-5+. The van der Waals surface area contributed by atoms with E-state index in [4.69, 9.17) is 0 Å². The van der Waals surface area contributed by atoms with Gasteiger partial charge in [0.2, 0.25) is 0 Å². The Morgan fingerprint density at radius 1 is 1.04 bits per heavy atom. The van der Waals surface area contributed by atoms with Crippen LogP contribution in [0, 0.1) is 11.6 Å². The molecule has 126 valence electrons. The van der Waals surface area contributed by atoms with Gasteiger partial charge in [-0.1, -0.05) is 12.1 Å². The van der Waals surface area contributed by atoms with Gasteiger partial charge in [0.05, 0.1) is 5.69 Å². The Morgan fingerprint density at radius 2 is 1.96 bits per heavy atom. The van der Waals surface area contributed by atoms with Crippen molar-refractivity contribution in [1.82, 2.24) is 19.5 Å². The molecule has 0 fully saturated rings. The molecule has 3 heterocycles. The first-order chi connectivity index (χ1) is 12.7. The van der Waals surface area contributed by atoms with Crippen LogP contribution in [-0.2, 0) is 6.54 Å². The van der Waals surface area contributed by atoms with Crippen molar-refractivity contribution in [1.29, 1.82) is 0 Å². The van der Waals surface area contributed by atoms with Gasteiger partial charge in [0.15, 0.2) is 5.82 Å². The molecule has 4 nitrogen and oxygen atoms in total. The second-order valence-corrected chi connectivity index (χ2v) is 6.16. The normalized spacial score (nSPS) is 12.7. The van der Waals surface area contributed by atoms with Crippen molar-refractivity contribution in [2.24, 2.45) is 0 Å². The van der Waals surface area contributed by atoms with Gasteiger partial charge in [-0.15, -0.1) is 0 Å². The monoisotopic (exact) mass is 346 g/mol. The summed E-state index contributed by atoms with van der Waals surface area (Å²) in [6.45, 7) is 0.598. The molecule has 0 amide bonds. The molecular formula is C20H12F2N4. The zero-order valence-electron chi connectivity index (χ0n) is 13.5. The zero-order chi connectivity index (χ0) is 17.7. The van der Waals surface area contributed by atoms with Crippen LogP contribution in [0.3, 0.4) is 0 Å². The summed E-state index contributed by atoms with van der Waals surface area (Å²) < 4.78 is 29.2. The summed E-state index contributed by atoms with van der Waals surface area (Å²) in [5, 5.41) is 0.659. The number of halogens is 2. The van der Waals surface area contributed by atoms with Gasteiger partial charge in [0.25, 0.3) is 0 Å². The Labute approximate surface area is 147 Å². The van der Waals surface area contributed by atoms with E-state index in [-0.39, 0.29) is 11.6 Å². The molecule has 26 heavy (non-hydrogen) atoms. The summed E-state index contributed by atoms with van der Waals surface area (Å²) in [7, 11) is 0. The average Bonchev–Trinajstić information content (AvgIpc) is 3.17. The fourth-order valence-corrected chi connectivity index (χ4v) is 3.22. The van der Waals surface area contributed by atoms with E-state index >= 15 is 0 Å². The lowest BCUT2D eigenvalue weighted by atomic mass is 10.1. The van der Waals surface area contributed by atoms with Crippen LogP contribution >= 0.6 is 0 Å². The van der Waals surface area contributed by atoms with Crippen LogP contribution in [0.5, 0.6) is 0 Å². The van der Waals surface area contributed by atoms with Gasteiger partial charge in [-0.2, -0.15) is 0 Å². The summed E-state index contributed by atoms with van der Waals surface area (Å²) >= 11 is 0. The Kier molecular flexibility index (Phi) is 3.18.